The molecule has 0 saturated carbocycles. The van der Waals surface area contributed by atoms with E-state index >= 15 is 0 Å². The van der Waals surface area contributed by atoms with Gasteiger partial charge in [0.15, 0.2) is 13.2 Å². The smallest absolute Gasteiger partial charge is 0.344 e. The van der Waals surface area contributed by atoms with Crippen LogP contribution in [0, 0.1) is 0 Å². The van der Waals surface area contributed by atoms with E-state index in [2.05, 4.69) is 0 Å². The van der Waals surface area contributed by atoms with Crippen LogP contribution in [0.1, 0.15) is 10.4 Å². The number of rotatable bonds is 6. The summed E-state index contributed by atoms with van der Waals surface area (Å²) in [4.78, 5) is 27.0. The molecule has 0 bridgehead atoms. The highest BCUT2D eigenvalue weighted by Crippen LogP contribution is 2.24. The van der Waals surface area contributed by atoms with Gasteiger partial charge in [0.1, 0.15) is 11.5 Å². The van der Waals surface area contributed by atoms with Gasteiger partial charge in [-0.1, -0.05) is 0 Å². The molecule has 1 aromatic heterocycles. The van der Waals surface area contributed by atoms with Gasteiger partial charge in [0.25, 0.3) is 5.91 Å². The zero-order valence-electron chi connectivity index (χ0n) is 13.9. The van der Waals surface area contributed by atoms with Crippen LogP contribution in [0.5, 0.6) is 11.5 Å². The summed E-state index contributed by atoms with van der Waals surface area (Å²) in [7, 11) is 1.58. The van der Waals surface area contributed by atoms with Gasteiger partial charge in [-0.2, -0.15) is 0 Å². The Balaban J connectivity index is 1.40. The maximum absolute atomic E-state index is 12.2. The van der Waals surface area contributed by atoms with E-state index < -0.39 is 5.97 Å². The maximum atomic E-state index is 12.2. The summed E-state index contributed by atoms with van der Waals surface area (Å²) >= 11 is 1.72. The summed E-state index contributed by atoms with van der Waals surface area (Å²) in [5.74, 6) is 0.480. The van der Waals surface area contributed by atoms with Crippen LogP contribution in [0.15, 0.2) is 35.7 Å². The van der Waals surface area contributed by atoms with Crippen molar-refractivity contribution in [3.05, 3.63) is 46.2 Å². The first kappa shape index (κ1) is 17.3. The van der Waals surface area contributed by atoms with Gasteiger partial charge in [0.2, 0.25) is 0 Å². The van der Waals surface area contributed by atoms with Crippen molar-refractivity contribution in [2.45, 2.75) is 13.0 Å². The molecule has 3 rings (SSSR count). The van der Waals surface area contributed by atoms with Crippen LogP contribution in [-0.4, -0.2) is 43.6 Å². The Labute approximate surface area is 149 Å². The van der Waals surface area contributed by atoms with E-state index in [-0.39, 0.29) is 19.1 Å². The summed E-state index contributed by atoms with van der Waals surface area (Å²) in [6.45, 7) is 0.738. The molecule has 1 amide bonds. The molecule has 0 unspecified atom stereocenters. The number of benzene rings is 1. The molecular weight excluding hydrogens is 342 g/mol. The first-order valence-corrected chi connectivity index (χ1v) is 8.79. The van der Waals surface area contributed by atoms with Gasteiger partial charge in [0, 0.05) is 18.0 Å². The lowest BCUT2D eigenvalue weighted by molar-refractivity contribution is -0.154. The van der Waals surface area contributed by atoms with Gasteiger partial charge < -0.3 is 19.1 Å². The highest BCUT2D eigenvalue weighted by molar-refractivity contribution is 7.10. The zero-order chi connectivity index (χ0) is 17.6. The van der Waals surface area contributed by atoms with Gasteiger partial charge in [-0.15, -0.1) is 11.3 Å². The molecule has 2 heterocycles. The molecular formula is C18H19NO5S. The molecule has 1 aromatic carbocycles. The molecule has 0 fully saturated rings. The van der Waals surface area contributed by atoms with Gasteiger partial charge in [-0.25, -0.2) is 4.79 Å². The molecule has 0 radical (unpaired) electrons. The number of nitrogens with zero attached hydrogens (tertiary/aromatic N) is 1. The summed E-state index contributed by atoms with van der Waals surface area (Å²) in [5, 5.41) is 2.04. The predicted molar refractivity (Wildman–Crippen MR) is 92.9 cm³/mol. The monoisotopic (exact) mass is 361 g/mol. The largest absolute Gasteiger partial charge is 0.497 e. The predicted octanol–water partition coefficient (Wildman–Crippen LogP) is 2.26. The SMILES string of the molecule is COc1ccc(OCC(=O)OCC(=O)N2CCc3sccc3C2)cc1. The molecule has 0 N–H and O–H groups in total. The van der Waals surface area contributed by atoms with E-state index in [0.717, 1.165) is 6.42 Å². The van der Waals surface area contributed by atoms with E-state index in [1.165, 1.54) is 10.4 Å². The second kappa shape index (κ2) is 8.02. The molecule has 0 atom stereocenters. The third kappa shape index (κ3) is 4.51. The number of hydrogen-bond acceptors (Lipinski definition) is 6. The van der Waals surface area contributed by atoms with E-state index in [4.69, 9.17) is 14.2 Å². The summed E-state index contributed by atoms with van der Waals surface area (Å²) in [6, 6.07) is 8.90. The van der Waals surface area contributed by atoms with Crippen LogP contribution in [0.2, 0.25) is 0 Å². The Kier molecular flexibility index (Phi) is 5.55. The lowest BCUT2D eigenvalue weighted by Crippen LogP contribution is -2.38. The number of carbonyl (C=O) groups is 2. The number of hydrogen-bond donors (Lipinski definition) is 0. The van der Waals surface area contributed by atoms with Crippen molar-refractivity contribution in [1.29, 1.82) is 0 Å². The third-order valence-corrected chi connectivity index (χ3v) is 4.96. The van der Waals surface area contributed by atoms with Crippen LogP contribution < -0.4 is 9.47 Å². The first-order chi connectivity index (χ1) is 12.2. The van der Waals surface area contributed by atoms with Gasteiger partial charge in [-0.05, 0) is 47.7 Å². The van der Waals surface area contributed by atoms with Crippen LogP contribution in [0.25, 0.3) is 0 Å². The minimum atomic E-state index is -0.572. The summed E-state index contributed by atoms with van der Waals surface area (Å²) in [5.41, 5.74) is 1.18. The molecule has 7 heteroatoms. The quantitative estimate of drug-likeness (QED) is 0.739. The van der Waals surface area contributed by atoms with Crippen molar-refractivity contribution < 1.29 is 23.8 Å². The average molecular weight is 361 g/mol. The van der Waals surface area contributed by atoms with E-state index in [1.807, 2.05) is 11.4 Å². The number of fused-ring (bicyclic) bond motifs is 1. The van der Waals surface area contributed by atoms with Gasteiger partial charge >= 0.3 is 5.97 Å². The number of amides is 1. The van der Waals surface area contributed by atoms with E-state index in [1.54, 1.807) is 47.6 Å². The van der Waals surface area contributed by atoms with Crippen molar-refractivity contribution in [3.63, 3.8) is 0 Å². The fraction of sp³-hybridized carbons (Fsp3) is 0.333. The van der Waals surface area contributed by atoms with E-state index in [0.29, 0.717) is 24.6 Å². The fourth-order valence-electron chi connectivity index (χ4n) is 2.55. The minimum absolute atomic E-state index is 0.186. The van der Waals surface area contributed by atoms with Gasteiger partial charge in [0.05, 0.1) is 7.11 Å². The molecule has 132 valence electrons. The normalized spacial score (nSPS) is 13.1. The second-order valence-corrected chi connectivity index (χ2v) is 6.56. The van der Waals surface area contributed by atoms with Crippen molar-refractivity contribution in [3.8, 4) is 11.5 Å². The number of thiophene rings is 1. The maximum Gasteiger partial charge on any atom is 0.344 e. The number of carbonyl (C=O) groups excluding carboxylic acids is 2. The standard InChI is InChI=1S/C18H19NO5S/c1-22-14-2-4-15(5-3-14)23-12-18(21)24-11-17(20)19-8-6-16-13(10-19)7-9-25-16/h2-5,7,9H,6,8,10-12H2,1H3. The number of methoxy groups -OCH3 is 1. The molecule has 0 spiro atoms. The second-order valence-electron chi connectivity index (χ2n) is 5.56. The Morgan fingerprint density at radius 2 is 1.88 bits per heavy atom. The number of ether oxygens (including phenoxy) is 3. The molecule has 1 aliphatic rings. The molecule has 2 aromatic rings. The van der Waals surface area contributed by atoms with Crippen LogP contribution >= 0.6 is 11.3 Å². The molecule has 0 saturated heterocycles. The van der Waals surface area contributed by atoms with Crippen molar-refractivity contribution in [1.82, 2.24) is 4.90 Å². The Hall–Kier alpha value is -2.54. The Bertz CT molecular complexity index is 740. The minimum Gasteiger partial charge on any atom is -0.497 e. The Morgan fingerprint density at radius 3 is 2.64 bits per heavy atom. The summed E-state index contributed by atoms with van der Waals surface area (Å²) in [6.07, 6.45) is 0.854. The highest BCUT2D eigenvalue weighted by atomic mass is 32.1. The summed E-state index contributed by atoms with van der Waals surface area (Å²) < 4.78 is 15.4. The lowest BCUT2D eigenvalue weighted by Gasteiger charge is -2.26. The third-order valence-electron chi connectivity index (χ3n) is 3.93. The topological polar surface area (TPSA) is 65.1 Å². The molecule has 1 aliphatic heterocycles. The number of esters is 1. The van der Waals surface area contributed by atoms with Crippen LogP contribution in [-0.2, 0) is 27.3 Å². The highest BCUT2D eigenvalue weighted by Gasteiger charge is 2.22. The van der Waals surface area contributed by atoms with Crippen molar-refractivity contribution in [2.75, 3.05) is 26.9 Å². The average Bonchev–Trinajstić information content (AvgIpc) is 3.12. The van der Waals surface area contributed by atoms with Crippen molar-refractivity contribution in [2.24, 2.45) is 0 Å². The molecule has 0 aliphatic carbocycles. The molecule has 25 heavy (non-hydrogen) atoms. The first-order valence-electron chi connectivity index (χ1n) is 7.91. The van der Waals surface area contributed by atoms with Gasteiger partial charge in [-0.3, -0.25) is 4.79 Å². The van der Waals surface area contributed by atoms with Crippen molar-refractivity contribution >= 4 is 23.2 Å². The van der Waals surface area contributed by atoms with Crippen LogP contribution in [0.4, 0.5) is 0 Å². The lowest BCUT2D eigenvalue weighted by atomic mass is 10.1. The fourth-order valence-corrected chi connectivity index (χ4v) is 3.44. The van der Waals surface area contributed by atoms with E-state index in [9.17, 15) is 9.59 Å². The van der Waals surface area contributed by atoms with Crippen LogP contribution in [0.3, 0.4) is 0 Å². The molecule has 6 nitrogen and oxygen atoms in total. The zero-order valence-corrected chi connectivity index (χ0v) is 14.7. The Morgan fingerprint density at radius 1 is 1.12 bits per heavy atom.